The molecule has 3 aromatic rings. The monoisotopic (exact) mass is 386 g/mol. The Morgan fingerprint density at radius 2 is 1.89 bits per heavy atom. The van der Waals surface area contributed by atoms with E-state index < -0.39 is 5.79 Å². The first-order chi connectivity index (χ1) is 13.1. The van der Waals surface area contributed by atoms with Gasteiger partial charge in [0.05, 0.1) is 32.4 Å². The van der Waals surface area contributed by atoms with Gasteiger partial charge < -0.3 is 19.5 Å². The molecule has 2 aromatic carbocycles. The molecule has 1 amide bonds. The van der Waals surface area contributed by atoms with Gasteiger partial charge in [0, 0.05) is 10.9 Å². The van der Waals surface area contributed by atoms with Crippen molar-refractivity contribution in [3.05, 3.63) is 65.3 Å². The van der Waals surface area contributed by atoms with Crippen LogP contribution in [0.4, 0.5) is 4.79 Å². The van der Waals surface area contributed by atoms with Gasteiger partial charge in [0.25, 0.3) is 0 Å². The minimum atomic E-state index is -1.03. The van der Waals surface area contributed by atoms with Crippen LogP contribution in [-0.4, -0.2) is 37.5 Å². The Kier molecular flexibility index (Phi) is 4.78. The first-order valence-electron chi connectivity index (χ1n) is 8.60. The molecular formula is C20H19ClN2O4. The van der Waals surface area contributed by atoms with Gasteiger partial charge >= 0.3 is 6.03 Å². The highest BCUT2D eigenvalue weighted by atomic mass is 35.5. The predicted octanol–water partition coefficient (Wildman–Crippen LogP) is 3.76. The van der Waals surface area contributed by atoms with E-state index in [4.69, 9.17) is 25.8 Å². The first-order valence-corrected chi connectivity index (χ1v) is 8.97. The van der Waals surface area contributed by atoms with Gasteiger partial charge in [-0.1, -0.05) is 29.8 Å². The fourth-order valence-electron chi connectivity index (χ4n) is 3.27. The van der Waals surface area contributed by atoms with Crippen LogP contribution >= 0.6 is 11.6 Å². The maximum Gasteiger partial charge on any atom is 0.327 e. The smallest absolute Gasteiger partial charge is 0.327 e. The molecule has 1 aromatic heterocycles. The van der Waals surface area contributed by atoms with Crippen molar-refractivity contribution in [2.45, 2.75) is 5.79 Å². The standard InChI is InChI=1S/C20H19ClN2O4/c1-25-16-8-6-15(7-9-16)20(26-10-11-27-20)13-22-19(24)23-17-5-3-2-4-14(17)12-18(23)21/h2-9,12H,10-11,13H2,1H3,(H,22,24). The van der Waals surface area contributed by atoms with E-state index in [-0.39, 0.29) is 12.6 Å². The van der Waals surface area contributed by atoms with Crippen molar-refractivity contribution in [3.63, 3.8) is 0 Å². The first kappa shape index (κ1) is 17.9. The fraction of sp³-hybridized carbons (Fsp3) is 0.250. The Bertz CT molecular complexity index is 962. The van der Waals surface area contributed by atoms with Crippen molar-refractivity contribution in [2.75, 3.05) is 26.9 Å². The Balaban J connectivity index is 1.57. The third-order valence-electron chi connectivity index (χ3n) is 4.62. The van der Waals surface area contributed by atoms with Crippen LogP contribution in [0.1, 0.15) is 5.56 Å². The summed E-state index contributed by atoms with van der Waals surface area (Å²) in [6.07, 6.45) is 0. The summed E-state index contributed by atoms with van der Waals surface area (Å²) in [7, 11) is 1.61. The number of benzene rings is 2. The van der Waals surface area contributed by atoms with Crippen LogP contribution in [0.25, 0.3) is 10.9 Å². The van der Waals surface area contributed by atoms with Crippen molar-refractivity contribution >= 4 is 28.5 Å². The topological polar surface area (TPSA) is 61.7 Å². The number of para-hydroxylation sites is 1. The predicted molar refractivity (Wildman–Crippen MR) is 102 cm³/mol. The van der Waals surface area contributed by atoms with Crippen molar-refractivity contribution < 1.29 is 19.0 Å². The Hall–Kier alpha value is -2.54. The number of nitrogens with zero attached hydrogens (tertiary/aromatic N) is 1. The normalized spacial score (nSPS) is 15.8. The van der Waals surface area contributed by atoms with Crippen LogP contribution in [0.2, 0.25) is 5.15 Å². The van der Waals surface area contributed by atoms with Gasteiger partial charge in [0.1, 0.15) is 10.9 Å². The van der Waals surface area contributed by atoms with Crippen molar-refractivity contribution in [1.29, 1.82) is 0 Å². The van der Waals surface area contributed by atoms with Crippen LogP contribution in [0, 0.1) is 0 Å². The van der Waals surface area contributed by atoms with Crippen LogP contribution in [-0.2, 0) is 15.3 Å². The van der Waals surface area contributed by atoms with E-state index in [1.807, 2.05) is 48.5 Å². The van der Waals surface area contributed by atoms with Crippen LogP contribution in [0.3, 0.4) is 0 Å². The van der Waals surface area contributed by atoms with Crippen LogP contribution in [0.15, 0.2) is 54.6 Å². The number of aromatic nitrogens is 1. The highest BCUT2D eigenvalue weighted by Crippen LogP contribution is 2.32. The van der Waals surface area contributed by atoms with Gasteiger partial charge in [0.2, 0.25) is 5.79 Å². The maximum atomic E-state index is 12.8. The molecule has 140 valence electrons. The quantitative estimate of drug-likeness (QED) is 0.741. The Labute approximate surface area is 161 Å². The third kappa shape index (κ3) is 3.27. The second-order valence-corrected chi connectivity index (χ2v) is 6.59. The van der Waals surface area contributed by atoms with Gasteiger partial charge in [-0.2, -0.15) is 0 Å². The molecule has 0 atom stereocenters. The average molecular weight is 387 g/mol. The number of hydrogen-bond acceptors (Lipinski definition) is 4. The number of ether oxygens (including phenoxy) is 3. The third-order valence-corrected chi connectivity index (χ3v) is 4.90. The zero-order chi connectivity index (χ0) is 18.9. The number of methoxy groups -OCH3 is 1. The number of hydrogen-bond donors (Lipinski definition) is 1. The van der Waals surface area contributed by atoms with Gasteiger partial charge in [-0.3, -0.25) is 4.57 Å². The molecule has 27 heavy (non-hydrogen) atoms. The number of amides is 1. The molecule has 0 unspecified atom stereocenters. The van der Waals surface area contributed by atoms with Crippen LogP contribution < -0.4 is 10.1 Å². The van der Waals surface area contributed by atoms with Crippen molar-refractivity contribution in [1.82, 2.24) is 9.88 Å². The molecule has 2 heterocycles. The molecular weight excluding hydrogens is 368 g/mol. The lowest BCUT2D eigenvalue weighted by Gasteiger charge is -2.28. The summed E-state index contributed by atoms with van der Waals surface area (Å²) in [5, 5.41) is 4.13. The molecule has 6 nitrogen and oxygen atoms in total. The van der Waals surface area contributed by atoms with E-state index in [9.17, 15) is 4.79 Å². The Morgan fingerprint density at radius 3 is 2.59 bits per heavy atom. The van der Waals surface area contributed by atoms with E-state index in [0.29, 0.717) is 18.4 Å². The average Bonchev–Trinajstić information content (AvgIpc) is 3.30. The fourth-order valence-corrected chi connectivity index (χ4v) is 3.55. The summed E-state index contributed by atoms with van der Waals surface area (Å²) < 4.78 is 18.4. The molecule has 1 fully saturated rings. The summed E-state index contributed by atoms with van der Waals surface area (Å²) in [6.45, 7) is 1.06. The molecule has 1 aliphatic rings. The summed E-state index contributed by atoms with van der Waals surface area (Å²) in [5.74, 6) is -0.293. The molecule has 0 bridgehead atoms. The number of fused-ring (bicyclic) bond motifs is 1. The van der Waals surface area contributed by atoms with Gasteiger partial charge in [-0.15, -0.1) is 0 Å². The number of rotatable bonds is 4. The minimum Gasteiger partial charge on any atom is -0.497 e. The van der Waals surface area contributed by atoms with Crippen molar-refractivity contribution in [2.24, 2.45) is 0 Å². The highest BCUT2D eigenvalue weighted by Gasteiger charge is 2.39. The lowest BCUT2D eigenvalue weighted by atomic mass is 10.1. The second kappa shape index (κ2) is 7.23. The lowest BCUT2D eigenvalue weighted by molar-refractivity contribution is -0.160. The molecule has 1 aliphatic heterocycles. The number of carbonyl (C=O) groups excluding carboxylic acids is 1. The largest absolute Gasteiger partial charge is 0.497 e. The van der Waals surface area contributed by atoms with Gasteiger partial charge in [0.15, 0.2) is 0 Å². The summed E-state index contributed by atoms with van der Waals surface area (Å²) in [4.78, 5) is 12.8. The summed E-state index contributed by atoms with van der Waals surface area (Å²) in [5.41, 5.74) is 1.55. The molecule has 0 saturated carbocycles. The molecule has 0 radical (unpaired) electrons. The SMILES string of the molecule is COc1ccc(C2(CNC(=O)n3c(Cl)cc4ccccc43)OCCO2)cc1. The maximum absolute atomic E-state index is 12.8. The molecule has 0 aliphatic carbocycles. The summed E-state index contributed by atoms with van der Waals surface area (Å²) >= 11 is 6.27. The van der Waals surface area contributed by atoms with Gasteiger partial charge in [-0.25, -0.2) is 4.79 Å². The number of nitrogens with one attached hydrogen (secondary N) is 1. The molecule has 1 N–H and O–H groups in total. The van der Waals surface area contributed by atoms with E-state index in [0.717, 1.165) is 22.2 Å². The minimum absolute atomic E-state index is 0.154. The molecule has 0 spiro atoms. The second-order valence-electron chi connectivity index (χ2n) is 6.20. The highest BCUT2D eigenvalue weighted by molar-refractivity contribution is 6.32. The van der Waals surface area contributed by atoms with Crippen LogP contribution in [0.5, 0.6) is 5.75 Å². The number of carbonyl (C=O) groups is 1. The van der Waals surface area contributed by atoms with E-state index in [2.05, 4.69) is 5.32 Å². The number of halogens is 1. The zero-order valence-electron chi connectivity index (χ0n) is 14.8. The Morgan fingerprint density at radius 1 is 1.19 bits per heavy atom. The molecule has 4 rings (SSSR count). The molecule has 1 saturated heterocycles. The van der Waals surface area contributed by atoms with E-state index in [1.54, 1.807) is 13.2 Å². The zero-order valence-corrected chi connectivity index (χ0v) is 15.5. The van der Waals surface area contributed by atoms with E-state index >= 15 is 0 Å². The molecule has 7 heteroatoms. The van der Waals surface area contributed by atoms with Gasteiger partial charge in [-0.05, 0) is 36.4 Å². The lowest BCUT2D eigenvalue weighted by Crippen LogP contribution is -2.43. The van der Waals surface area contributed by atoms with E-state index in [1.165, 1.54) is 4.57 Å². The summed E-state index contributed by atoms with van der Waals surface area (Å²) in [6, 6.07) is 16.4. The van der Waals surface area contributed by atoms with Crippen molar-refractivity contribution in [3.8, 4) is 5.75 Å².